The maximum absolute atomic E-state index is 13.3. The van der Waals surface area contributed by atoms with Gasteiger partial charge in [-0.15, -0.1) is 0 Å². The van der Waals surface area contributed by atoms with Crippen LogP contribution in [0.25, 0.3) is 0 Å². The third kappa shape index (κ3) is 7.66. The van der Waals surface area contributed by atoms with Crippen molar-refractivity contribution in [1.82, 2.24) is 15.5 Å². The van der Waals surface area contributed by atoms with Crippen molar-refractivity contribution in [3.8, 4) is 0 Å². The average molecular weight is 428 g/mol. The molecule has 0 aliphatic carbocycles. The van der Waals surface area contributed by atoms with E-state index >= 15 is 0 Å². The summed E-state index contributed by atoms with van der Waals surface area (Å²) >= 11 is 0. The number of hydrogen-bond donors (Lipinski definition) is 3. The Kier molecular flexibility index (Phi) is 8.81. The number of nitrogens with zero attached hydrogens (tertiary/aromatic N) is 2. The van der Waals surface area contributed by atoms with E-state index in [-0.39, 0.29) is 12.5 Å². The Morgan fingerprint density at radius 1 is 1.10 bits per heavy atom. The van der Waals surface area contributed by atoms with Crippen LogP contribution in [0.1, 0.15) is 18.1 Å². The largest absolute Gasteiger partial charge is 0.379 e. The van der Waals surface area contributed by atoms with E-state index in [0.717, 1.165) is 38.4 Å². The Bertz CT molecular complexity index is 884. The van der Waals surface area contributed by atoms with Gasteiger partial charge in [-0.1, -0.05) is 30.3 Å². The molecular formula is C23H30FN5O2. The Morgan fingerprint density at radius 3 is 2.61 bits per heavy atom. The van der Waals surface area contributed by atoms with Crippen LogP contribution in [0.4, 0.5) is 10.1 Å². The molecule has 0 saturated carbocycles. The second-order valence-electron chi connectivity index (χ2n) is 7.26. The number of halogens is 1. The summed E-state index contributed by atoms with van der Waals surface area (Å²) in [5.41, 5.74) is 2.81. The molecule has 1 aliphatic rings. The first-order valence-electron chi connectivity index (χ1n) is 10.6. The van der Waals surface area contributed by atoms with Crippen molar-refractivity contribution in [2.45, 2.75) is 20.0 Å². The van der Waals surface area contributed by atoms with Crippen LogP contribution in [0.3, 0.4) is 0 Å². The van der Waals surface area contributed by atoms with Gasteiger partial charge in [-0.05, 0) is 36.2 Å². The molecule has 1 fully saturated rings. The van der Waals surface area contributed by atoms with Gasteiger partial charge in [0.15, 0.2) is 5.96 Å². The van der Waals surface area contributed by atoms with Gasteiger partial charge in [0.05, 0.1) is 26.3 Å². The molecule has 1 aliphatic heterocycles. The first-order valence-corrected chi connectivity index (χ1v) is 10.6. The summed E-state index contributed by atoms with van der Waals surface area (Å²) in [5.74, 6) is -0.113. The lowest BCUT2D eigenvalue weighted by molar-refractivity contribution is -0.115. The van der Waals surface area contributed by atoms with E-state index in [1.165, 1.54) is 17.7 Å². The number of ether oxygens (including phenoxy) is 1. The predicted octanol–water partition coefficient (Wildman–Crippen LogP) is 2.35. The second kappa shape index (κ2) is 12.0. The van der Waals surface area contributed by atoms with E-state index in [4.69, 9.17) is 4.74 Å². The smallest absolute Gasteiger partial charge is 0.243 e. The molecule has 7 nitrogen and oxygen atoms in total. The van der Waals surface area contributed by atoms with Gasteiger partial charge >= 0.3 is 0 Å². The zero-order chi connectivity index (χ0) is 21.9. The summed E-state index contributed by atoms with van der Waals surface area (Å²) in [7, 11) is 0. The number of rotatable bonds is 8. The summed E-state index contributed by atoms with van der Waals surface area (Å²) in [6, 6.07) is 14.1. The first-order chi connectivity index (χ1) is 15.1. The van der Waals surface area contributed by atoms with Gasteiger partial charge in [-0.25, -0.2) is 9.38 Å². The topological polar surface area (TPSA) is 78.0 Å². The summed E-state index contributed by atoms with van der Waals surface area (Å²) in [5, 5.41) is 8.86. The molecule has 2 aromatic carbocycles. The first kappa shape index (κ1) is 22.7. The number of guanidine groups is 1. The minimum atomic E-state index is -0.392. The van der Waals surface area contributed by atoms with Crippen LogP contribution in [-0.2, 0) is 22.6 Å². The lowest BCUT2D eigenvalue weighted by Gasteiger charge is -2.27. The monoisotopic (exact) mass is 427 g/mol. The fraction of sp³-hybridized carbons (Fsp3) is 0.391. The number of nitrogens with one attached hydrogen (secondary N) is 3. The highest BCUT2D eigenvalue weighted by Gasteiger charge is 2.13. The molecule has 0 spiro atoms. The zero-order valence-corrected chi connectivity index (χ0v) is 17.9. The molecule has 0 aromatic heterocycles. The third-order valence-corrected chi connectivity index (χ3v) is 4.89. The molecule has 1 saturated heterocycles. The minimum absolute atomic E-state index is 0.0256. The lowest BCUT2D eigenvalue weighted by atomic mass is 10.1. The Hall–Kier alpha value is -2.97. The quantitative estimate of drug-likeness (QED) is 0.445. The SMILES string of the molecule is CCNC(=NCc1ccccc1CN1CCOCC1)NCC(=O)Nc1cccc(F)c1. The number of amides is 1. The van der Waals surface area contributed by atoms with Crippen LogP contribution in [-0.4, -0.2) is 56.2 Å². The van der Waals surface area contributed by atoms with Gasteiger partial charge in [0.1, 0.15) is 5.82 Å². The van der Waals surface area contributed by atoms with Crippen LogP contribution in [0.2, 0.25) is 0 Å². The zero-order valence-electron chi connectivity index (χ0n) is 17.9. The van der Waals surface area contributed by atoms with Gasteiger partial charge < -0.3 is 20.7 Å². The maximum Gasteiger partial charge on any atom is 0.243 e. The van der Waals surface area contributed by atoms with Gasteiger partial charge in [0.2, 0.25) is 5.91 Å². The van der Waals surface area contributed by atoms with Gasteiger partial charge in [0.25, 0.3) is 0 Å². The van der Waals surface area contributed by atoms with E-state index in [1.54, 1.807) is 12.1 Å². The molecule has 0 bridgehead atoms. The molecule has 3 rings (SSSR count). The van der Waals surface area contributed by atoms with Crippen LogP contribution < -0.4 is 16.0 Å². The number of morpholine rings is 1. The van der Waals surface area contributed by atoms with E-state index in [0.29, 0.717) is 24.7 Å². The highest BCUT2D eigenvalue weighted by atomic mass is 19.1. The van der Waals surface area contributed by atoms with E-state index in [2.05, 4.69) is 38.0 Å². The average Bonchev–Trinajstić information content (AvgIpc) is 2.77. The van der Waals surface area contributed by atoms with Crippen LogP contribution in [0.15, 0.2) is 53.5 Å². The molecule has 2 aromatic rings. The summed E-state index contributed by atoms with van der Waals surface area (Å²) in [6.45, 7) is 7.45. The van der Waals surface area contributed by atoms with Gasteiger partial charge in [-0.2, -0.15) is 0 Å². The molecule has 0 radical (unpaired) electrons. The molecule has 0 atom stereocenters. The molecule has 166 valence electrons. The normalized spacial score (nSPS) is 14.8. The van der Waals surface area contributed by atoms with Crippen molar-refractivity contribution >= 4 is 17.6 Å². The van der Waals surface area contributed by atoms with E-state index < -0.39 is 5.82 Å². The maximum atomic E-state index is 13.3. The highest BCUT2D eigenvalue weighted by Crippen LogP contribution is 2.14. The fourth-order valence-electron chi connectivity index (χ4n) is 3.31. The van der Waals surface area contributed by atoms with Crippen molar-refractivity contribution in [2.75, 3.05) is 44.7 Å². The third-order valence-electron chi connectivity index (χ3n) is 4.89. The summed E-state index contributed by atoms with van der Waals surface area (Å²) in [6.07, 6.45) is 0. The van der Waals surface area contributed by atoms with Crippen LogP contribution >= 0.6 is 0 Å². The molecule has 8 heteroatoms. The molecule has 31 heavy (non-hydrogen) atoms. The van der Waals surface area contributed by atoms with Gasteiger partial charge in [-0.3, -0.25) is 9.69 Å². The number of hydrogen-bond acceptors (Lipinski definition) is 4. The molecule has 1 amide bonds. The van der Waals surface area contributed by atoms with Crippen molar-refractivity contribution in [2.24, 2.45) is 4.99 Å². The molecule has 0 unspecified atom stereocenters. The number of benzene rings is 2. The lowest BCUT2D eigenvalue weighted by Crippen LogP contribution is -2.41. The standard InChI is InChI=1S/C23H30FN5O2/c1-2-25-23(27-16-22(30)28-21-9-5-8-20(24)14-21)26-15-18-6-3-4-7-19(18)17-29-10-12-31-13-11-29/h3-9,14H,2,10-13,15-17H2,1H3,(H,28,30)(H2,25,26,27). The van der Waals surface area contributed by atoms with Crippen molar-refractivity contribution < 1.29 is 13.9 Å². The highest BCUT2D eigenvalue weighted by molar-refractivity contribution is 5.94. The number of anilines is 1. The summed E-state index contributed by atoms with van der Waals surface area (Å²) in [4.78, 5) is 19.2. The predicted molar refractivity (Wildman–Crippen MR) is 120 cm³/mol. The Morgan fingerprint density at radius 2 is 1.87 bits per heavy atom. The van der Waals surface area contributed by atoms with Gasteiger partial charge in [0, 0.05) is 31.9 Å². The van der Waals surface area contributed by atoms with Crippen molar-refractivity contribution in [3.63, 3.8) is 0 Å². The minimum Gasteiger partial charge on any atom is -0.379 e. The molecule has 1 heterocycles. The number of carbonyl (C=O) groups excluding carboxylic acids is 1. The number of carbonyl (C=O) groups is 1. The van der Waals surface area contributed by atoms with Crippen LogP contribution in [0, 0.1) is 5.82 Å². The van der Waals surface area contributed by atoms with E-state index in [1.807, 2.05) is 19.1 Å². The fourth-order valence-corrected chi connectivity index (χ4v) is 3.31. The van der Waals surface area contributed by atoms with E-state index in [9.17, 15) is 9.18 Å². The van der Waals surface area contributed by atoms with Crippen molar-refractivity contribution in [1.29, 1.82) is 0 Å². The molecular weight excluding hydrogens is 397 g/mol. The number of aliphatic imine (C=N–C) groups is 1. The van der Waals surface area contributed by atoms with Crippen LogP contribution in [0.5, 0.6) is 0 Å². The summed E-state index contributed by atoms with van der Waals surface area (Å²) < 4.78 is 18.7. The Balaban J connectivity index is 1.57. The Labute approximate surface area is 182 Å². The van der Waals surface area contributed by atoms with Crippen molar-refractivity contribution in [3.05, 3.63) is 65.5 Å². The molecule has 3 N–H and O–H groups in total. The second-order valence-corrected chi connectivity index (χ2v) is 7.26.